The molecule has 0 fully saturated rings. The van der Waals surface area contributed by atoms with Crippen LogP contribution in [0.2, 0.25) is 0 Å². The Hall–Kier alpha value is -6.11. The molecule has 6 aromatic rings. The minimum atomic E-state index is 0.0525. The average Bonchev–Trinajstić information content (AvgIpc) is 3.59. The molecule has 0 N–H and O–H groups in total. The molecule has 260 valence electrons. The van der Waals surface area contributed by atoms with Crippen LogP contribution in [0.3, 0.4) is 0 Å². The first-order valence-electron chi connectivity index (χ1n) is 16.7. The van der Waals surface area contributed by atoms with Crippen molar-refractivity contribution in [3.63, 3.8) is 0 Å². The van der Waals surface area contributed by atoms with Crippen LogP contribution in [0.5, 0.6) is 11.5 Å². The smallest absolute Gasteiger partial charge is 0.298 e. The molecule has 0 aliphatic heterocycles. The summed E-state index contributed by atoms with van der Waals surface area (Å²) in [5, 5.41) is 1.05. The number of pyridine rings is 3. The molecule has 4 heterocycles. The van der Waals surface area contributed by atoms with Crippen molar-refractivity contribution >= 4 is 40.7 Å². The molecule has 0 bridgehead atoms. The fourth-order valence-corrected chi connectivity index (χ4v) is 6.39. The van der Waals surface area contributed by atoms with Gasteiger partial charge in [-0.1, -0.05) is 77.6 Å². The van der Waals surface area contributed by atoms with Gasteiger partial charge in [0.2, 0.25) is 0 Å². The average molecular weight is 707 g/mol. The van der Waals surface area contributed by atoms with Gasteiger partial charge in [0.15, 0.2) is 0 Å². The number of hydrogen-bond donors (Lipinski definition) is 0. The Morgan fingerprint density at radius 3 is 1.67 bits per heavy atom. The van der Waals surface area contributed by atoms with E-state index in [9.17, 15) is 9.59 Å². The van der Waals surface area contributed by atoms with Crippen LogP contribution in [0.15, 0.2) is 109 Å². The van der Waals surface area contributed by atoms with Crippen molar-refractivity contribution in [3.05, 3.63) is 131 Å². The minimum absolute atomic E-state index is 0.0525. The zero-order valence-electron chi connectivity index (χ0n) is 29.9. The van der Waals surface area contributed by atoms with Crippen LogP contribution in [0.25, 0.3) is 22.8 Å². The molecule has 0 spiro atoms. The summed E-state index contributed by atoms with van der Waals surface area (Å²) < 4.78 is 10.1. The fourth-order valence-electron chi connectivity index (χ4n) is 5.49. The number of hydrogen-bond acceptors (Lipinski definition) is 9. The van der Waals surface area contributed by atoms with Crippen molar-refractivity contribution in [1.29, 1.82) is 0 Å². The highest BCUT2D eigenvalue weighted by Gasteiger charge is 2.19. The Kier molecular flexibility index (Phi) is 10.3. The molecule has 52 heavy (non-hydrogen) atoms. The van der Waals surface area contributed by atoms with E-state index in [0.29, 0.717) is 41.5 Å². The second-order valence-electron chi connectivity index (χ2n) is 14.1. The normalized spacial score (nSPS) is 11.3. The molecule has 0 atom stereocenters. The molecule has 0 saturated carbocycles. The van der Waals surface area contributed by atoms with Crippen LogP contribution in [0.1, 0.15) is 63.1 Å². The third-order valence-corrected chi connectivity index (χ3v) is 9.29. The largest absolute Gasteiger partial charge is 0.429 e. The number of ether oxygens (including phenoxy) is 2. The highest BCUT2D eigenvalue weighted by molar-refractivity contribution is 7.16. The molecule has 8 nitrogen and oxygen atoms in total. The monoisotopic (exact) mass is 706 g/mol. The quantitative estimate of drug-likeness (QED) is 0.108. The van der Waals surface area contributed by atoms with Crippen molar-refractivity contribution < 1.29 is 19.1 Å². The minimum Gasteiger partial charge on any atom is -0.429 e. The van der Waals surface area contributed by atoms with E-state index in [-0.39, 0.29) is 16.6 Å². The number of carbonyl (C=O) groups excluding carboxylic acids is 2. The number of aromatic nitrogens is 3. The zero-order chi connectivity index (χ0) is 36.9. The van der Waals surface area contributed by atoms with E-state index >= 15 is 0 Å². The number of nitrogens with zero attached hydrogens (tertiary/aromatic N) is 4. The van der Waals surface area contributed by atoms with Crippen LogP contribution in [-0.4, -0.2) is 27.9 Å². The molecule has 9 heteroatoms. The SMILES string of the molecule is CC(C)(C)c1ccc(N(c2ccc(C(C)(C)C)cc2)c2ccc(C#Cc3ccnc(-c4cc(OC=O)cc(-c5cc(OC=O)ccn5)n4)c3)s2)cc1. The van der Waals surface area contributed by atoms with Gasteiger partial charge in [-0.3, -0.25) is 19.6 Å². The lowest BCUT2D eigenvalue weighted by Gasteiger charge is -2.26. The fraction of sp³-hybridized carbons (Fsp3) is 0.186. The topological polar surface area (TPSA) is 94.5 Å². The van der Waals surface area contributed by atoms with Gasteiger partial charge >= 0.3 is 0 Å². The van der Waals surface area contributed by atoms with Gasteiger partial charge in [-0.05, 0) is 76.6 Å². The molecule has 2 aromatic carbocycles. The van der Waals surface area contributed by atoms with E-state index < -0.39 is 0 Å². The Morgan fingerprint density at radius 2 is 1.12 bits per heavy atom. The molecule has 6 rings (SSSR count). The number of anilines is 3. The lowest BCUT2D eigenvalue weighted by atomic mass is 9.87. The van der Waals surface area contributed by atoms with E-state index in [1.54, 1.807) is 41.8 Å². The molecular formula is C43H38N4O4S. The lowest BCUT2D eigenvalue weighted by Crippen LogP contribution is -2.13. The van der Waals surface area contributed by atoms with E-state index in [1.165, 1.54) is 17.3 Å². The summed E-state index contributed by atoms with van der Waals surface area (Å²) in [5.41, 5.74) is 7.34. The summed E-state index contributed by atoms with van der Waals surface area (Å²) in [5.74, 6) is 7.18. The molecule has 4 aromatic heterocycles. The first kappa shape index (κ1) is 35.7. The van der Waals surface area contributed by atoms with Gasteiger partial charge in [-0.2, -0.15) is 0 Å². The molecule has 0 amide bonds. The number of thiophene rings is 1. The van der Waals surface area contributed by atoms with Gasteiger partial charge in [-0.15, -0.1) is 11.3 Å². The zero-order valence-corrected chi connectivity index (χ0v) is 30.7. The Labute approximate surface area is 308 Å². The van der Waals surface area contributed by atoms with Crippen LogP contribution in [-0.2, 0) is 20.4 Å². The highest BCUT2D eigenvalue weighted by Crippen LogP contribution is 2.40. The van der Waals surface area contributed by atoms with Crippen LogP contribution in [0, 0.1) is 11.8 Å². The summed E-state index contributed by atoms with van der Waals surface area (Å²) in [6.45, 7) is 14.0. The lowest BCUT2D eigenvalue weighted by molar-refractivity contribution is -0.121. The van der Waals surface area contributed by atoms with Gasteiger partial charge in [0.05, 0.1) is 27.7 Å². The van der Waals surface area contributed by atoms with Gasteiger partial charge in [-0.25, -0.2) is 4.98 Å². The van der Waals surface area contributed by atoms with Crippen molar-refractivity contribution in [2.75, 3.05) is 4.90 Å². The second kappa shape index (κ2) is 15.0. The highest BCUT2D eigenvalue weighted by atomic mass is 32.1. The van der Waals surface area contributed by atoms with Crippen molar-refractivity contribution in [1.82, 2.24) is 15.0 Å². The van der Waals surface area contributed by atoms with Crippen molar-refractivity contribution in [2.24, 2.45) is 0 Å². The van der Waals surface area contributed by atoms with Crippen LogP contribution < -0.4 is 14.4 Å². The number of benzene rings is 2. The molecule has 0 aliphatic carbocycles. The predicted molar refractivity (Wildman–Crippen MR) is 206 cm³/mol. The number of carbonyl (C=O) groups is 2. The Balaban J connectivity index is 1.32. The molecule has 0 radical (unpaired) electrons. The van der Waals surface area contributed by atoms with Gasteiger partial charge < -0.3 is 14.4 Å². The van der Waals surface area contributed by atoms with Crippen LogP contribution >= 0.6 is 11.3 Å². The van der Waals surface area contributed by atoms with Gasteiger partial charge in [0, 0.05) is 47.5 Å². The molecule has 0 aliphatic rings. The summed E-state index contributed by atoms with van der Waals surface area (Å²) in [7, 11) is 0. The molecule has 0 unspecified atom stereocenters. The van der Waals surface area contributed by atoms with Crippen molar-refractivity contribution in [3.8, 4) is 46.1 Å². The van der Waals surface area contributed by atoms with E-state index in [2.05, 4.69) is 123 Å². The molecule has 0 saturated heterocycles. The van der Waals surface area contributed by atoms with Crippen molar-refractivity contribution in [2.45, 2.75) is 52.4 Å². The summed E-state index contributed by atoms with van der Waals surface area (Å²) in [6, 6.07) is 31.7. The summed E-state index contributed by atoms with van der Waals surface area (Å²) in [4.78, 5) is 38.8. The second-order valence-corrected chi connectivity index (χ2v) is 15.2. The summed E-state index contributed by atoms with van der Waals surface area (Å²) >= 11 is 1.62. The third-order valence-electron chi connectivity index (χ3n) is 8.31. The Morgan fingerprint density at radius 1 is 0.596 bits per heavy atom. The maximum Gasteiger partial charge on any atom is 0.298 e. The first-order chi connectivity index (χ1) is 24.9. The number of rotatable bonds is 9. The van der Waals surface area contributed by atoms with Crippen LogP contribution in [0.4, 0.5) is 16.4 Å². The summed E-state index contributed by atoms with van der Waals surface area (Å²) in [6.07, 6.45) is 3.16. The van der Waals surface area contributed by atoms with Gasteiger partial charge in [0.1, 0.15) is 16.5 Å². The maximum absolute atomic E-state index is 11.2. The molecular weight excluding hydrogens is 669 g/mol. The van der Waals surface area contributed by atoms with Gasteiger partial charge in [0.25, 0.3) is 12.9 Å². The van der Waals surface area contributed by atoms with E-state index in [1.807, 2.05) is 18.2 Å². The predicted octanol–water partition coefficient (Wildman–Crippen LogP) is 9.80. The standard InChI is InChI=1S/C43H38N4O4S/c1-42(2,3)30-8-12-32(13-9-30)47(33-14-10-31(11-15-33)43(4,5)6)41-18-17-36(52-41)16-7-29-19-21-44-37(23-29)39-25-35(51-28-49)26-40(46-39)38-24-34(50-27-48)20-22-45-38/h8-15,17-28H,1-6H3. The Bertz CT molecular complexity index is 2210. The third kappa shape index (κ3) is 8.43. The van der Waals surface area contributed by atoms with E-state index in [4.69, 9.17) is 14.5 Å². The van der Waals surface area contributed by atoms with E-state index in [0.717, 1.165) is 26.8 Å². The maximum atomic E-state index is 11.2. The first-order valence-corrected chi connectivity index (χ1v) is 17.5.